The van der Waals surface area contributed by atoms with Gasteiger partial charge in [-0.3, -0.25) is 0 Å². The van der Waals surface area contributed by atoms with Crippen LogP contribution < -0.4 is 5.32 Å². The highest BCUT2D eigenvalue weighted by molar-refractivity contribution is 5.15. The topological polar surface area (TPSA) is 34.4 Å². The van der Waals surface area contributed by atoms with Gasteiger partial charge in [0, 0.05) is 19.1 Å². The molecule has 3 heteroatoms. The highest BCUT2D eigenvalue weighted by Crippen LogP contribution is 2.28. The molecule has 0 aromatic carbocycles. The maximum Gasteiger partial charge on any atom is 0.0938 e. The Morgan fingerprint density at radius 1 is 1.56 bits per heavy atom. The summed E-state index contributed by atoms with van der Waals surface area (Å²) in [5, 5.41) is 3.39. The summed E-state index contributed by atoms with van der Waals surface area (Å²) in [5.41, 5.74) is 1.27. The van der Waals surface area contributed by atoms with Gasteiger partial charge in [0.2, 0.25) is 0 Å². The zero-order valence-corrected chi connectivity index (χ0v) is 10.1. The average molecular weight is 223 g/mol. The van der Waals surface area contributed by atoms with E-state index >= 15 is 0 Å². The van der Waals surface area contributed by atoms with Crippen molar-refractivity contribution >= 4 is 0 Å². The van der Waals surface area contributed by atoms with E-state index < -0.39 is 0 Å². The molecule has 1 aliphatic heterocycles. The predicted molar refractivity (Wildman–Crippen MR) is 63.5 cm³/mol. The van der Waals surface area contributed by atoms with E-state index in [1.165, 1.54) is 5.56 Å². The smallest absolute Gasteiger partial charge is 0.0938 e. The minimum atomic E-state index is 0.286. The molecular weight excluding hydrogens is 202 g/mol. The number of hydrogen-bond acceptors (Lipinski definition) is 3. The van der Waals surface area contributed by atoms with Gasteiger partial charge >= 0.3 is 0 Å². The Morgan fingerprint density at radius 2 is 2.44 bits per heavy atom. The van der Waals surface area contributed by atoms with Crippen molar-refractivity contribution in [3.05, 3.63) is 24.2 Å². The van der Waals surface area contributed by atoms with Gasteiger partial charge < -0.3 is 14.5 Å². The lowest BCUT2D eigenvalue weighted by Crippen LogP contribution is -2.41. The van der Waals surface area contributed by atoms with E-state index in [0.29, 0.717) is 11.8 Å². The fourth-order valence-electron chi connectivity index (χ4n) is 2.19. The third kappa shape index (κ3) is 2.86. The van der Waals surface area contributed by atoms with Crippen molar-refractivity contribution in [3.63, 3.8) is 0 Å². The van der Waals surface area contributed by atoms with Crippen molar-refractivity contribution in [2.75, 3.05) is 19.7 Å². The second kappa shape index (κ2) is 5.51. The van der Waals surface area contributed by atoms with Gasteiger partial charge in [-0.2, -0.15) is 0 Å². The summed E-state index contributed by atoms with van der Waals surface area (Å²) in [6, 6.07) is 2.06. The van der Waals surface area contributed by atoms with Gasteiger partial charge in [-0.25, -0.2) is 0 Å². The fraction of sp³-hybridized carbons (Fsp3) is 0.692. The number of hydrogen-bond donors (Lipinski definition) is 1. The van der Waals surface area contributed by atoms with Crippen LogP contribution in [-0.2, 0) is 4.74 Å². The Hall–Kier alpha value is -0.800. The first-order valence-corrected chi connectivity index (χ1v) is 6.12. The molecule has 1 aromatic heterocycles. The molecule has 0 radical (unpaired) electrons. The fourth-order valence-corrected chi connectivity index (χ4v) is 2.19. The molecule has 90 valence electrons. The summed E-state index contributed by atoms with van der Waals surface area (Å²) < 4.78 is 11.1. The molecule has 2 atom stereocenters. The Kier molecular flexibility index (Phi) is 4.02. The molecule has 0 aliphatic carbocycles. The van der Waals surface area contributed by atoms with Crippen LogP contribution in [0.4, 0.5) is 0 Å². The molecule has 3 nitrogen and oxygen atoms in total. The maximum atomic E-state index is 5.98. The zero-order valence-electron chi connectivity index (χ0n) is 10.1. The monoisotopic (exact) mass is 223 g/mol. The second-order valence-electron chi connectivity index (χ2n) is 4.92. The van der Waals surface area contributed by atoms with Crippen LogP contribution in [0.3, 0.4) is 0 Å². The summed E-state index contributed by atoms with van der Waals surface area (Å²) in [6.07, 6.45) is 5.01. The highest BCUT2D eigenvalue weighted by atomic mass is 16.5. The van der Waals surface area contributed by atoms with Crippen LogP contribution >= 0.6 is 0 Å². The molecule has 1 saturated heterocycles. The van der Waals surface area contributed by atoms with Gasteiger partial charge in [0.15, 0.2) is 0 Å². The molecule has 0 saturated carbocycles. The van der Waals surface area contributed by atoms with Crippen molar-refractivity contribution in [1.29, 1.82) is 0 Å². The van der Waals surface area contributed by atoms with E-state index in [-0.39, 0.29) is 6.10 Å². The van der Waals surface area contributed by atoms with Crippen molar-refractivity contribution in [3.8, 4) is 0 Å². The van der Waals surface area contributed by atoms with Gasteiger partial charge in [-0.15, -0.1) is 0 Å². The predicted octanol–water partition coefficient (Wildman–Crippen LogP) is 2.40. The largest absolute Gasteiger partial charge is 0.472 e. The second-order valence-corrected chi connectivity index (χ2v) is 4.92. The lowest BCUT2D eigenvalue weighted by atomic mass is 9.89. The molecule has 2 rings (SSSR count). The summed E-state index contributed by atoms with van der Waals surface area (Å²) in [7, 11) is 0. The molecule has 1 aliphatic rings. The molecule has 1 N–H and O–H groups in total. The van der Waals surface area contributed by atoms with E-state index in [4.69, 9.17) is 9.15 Å². The van der Waals surface area contributed by atoms with E-state index in [1.807, 2.05) is 6.26 Å². The SMILES string of the molecule is CC(C)COC1CNCCC1c1ccoc1. The summed E-state index contributed by atoms with van der Waals surface area (Å²) in [5.74, 6) is 1.07. The standard InChI is InChI=1S/C13H21NO2/c1-10(2)8-16-13-7-14-5-3-12(13)11-4-6-15-9-11/h4,6,9-10,12-14H,3,5,7-8H2,1-2H3. The van der Waals surface area contributed by atoms with Crippen molar-refractivity contribution in [1.82, 2.24) is 5.32 Å². The Labute approximate surface area is 97.2 Å². The summed E-state index contributed by atoms with van der Waals surface area (Å²) in [6.45, 7) is 7.22. The molecule has 0 bridgehead atoms. The van der Waals surface area contributed by atoms with E-state index in [0.717, 1.165) is 26.1 Å². The first kappa shape index (κ1) is 11.7. The molecule has 1 aromatic rings. The van der Waals surface area contributed by atoms with Crippen molar-refractivity contribution in [2.24, 2.45) is 5.92 Å². The van der Waals surface area contributed by atoms with E-state index in [9.17, 15) is 0 Å². The molecule has 2 heterocycles. The third-order valence-electron chi connectivity index (χ3n) is 3.04. The van der Waals surface area contributed by atoms with Crippen LogP contribution in [0.15, 0.2) is 23.0 Å². The summed E-state index contributed by atoms with van der Waals surface area (Å²) in [4.78, 5) is 0. The van der Waals surface area contributed by atoms with Gasteiger partial charge in [-0.1, -0.05) is 13.8 Å². The van der Waals surface area contributed by atoms with Gasteiger partial charge in [0.25, 0.3) is 0 Å². The Bertz CT molecular complexity index is 295. The highest BCUT2D eigenvalue weighted by Gasteiger charge is 2.27. The minimum absolute atomic E-state index is 0.286. The minimum Gasteiger partial charge on any atom is -0.472 e. The third-order valence-corrected chi connectivity index (χ3v) is 3.04. The maximum absolute atomic E-state index is 5.98. The number of rotatable bonds is 4. The van der Waals surface area contributed by atoms with Crippen LogP contribution in [0.25, 0.3) is 0 Å². The number of piperidine rings is 1. The quantitative estimate of drug-likeness (QED) is 0.851. The average Bonchev–Trinajstić information content (AvgIpc) is 2.80. The Balaban J connectivity index is 1.97. The van der Waals surface area contributed by atoms with Crippen LogP contribution in [0.2, 0.25) is 0 Å². The number of furan rings is 1. The van der Waals surface area contributed by atoms with Crippen LogP contribution in [-0.4, -0.2) is 25.8 Å². The zero-order chi connectivity index (χ0) is 11.4. The normalized spacial score (nSPS) is 26.2. The number of nitrogens with one attached hydrogen (secondary N) is 1. The van der Waals surface area contributed by atoms with Gasteiger partial charge in [0.05, 0.1) is 18.6 Å². The lowest BCUT2D eigenvalue weighted by molar-refractivity contribution is 0.00771. The molecule has 0 amide bonds. The van der Waals surface area contributed by atoms with Crippen LogP contribution in [0.1, 0.15) is 31.7 Å². The van der Waals surface area contributed by atoms with E-state index in [2.05, 4.69) is 25.2 Å². The van der Waals surface area contributed by atoms with Crippen molar-refractivity contribution < 1.29 is 9.15 Å². The van der Waals surface area contributed by atoms with Crippen LogP contribution in [0.5, 0.6) is 0 Å². The first-order chi connectivity index (χ1) is 7.77. The van der Waals surface area contributed by atoms with Gasteiger partial charge in [0.1, 0.15) is 0 Å². The summed E-state index contributed by atoms with van der Waals surface area (Å²) >= 11 is 0. The molecule has 2 unspecified atom stereocenters. The molecule has 1 fully saturated rings. The Morgan fingerprint density at radius 3 is 3.12 bits per heavy atom. The first-order valence-electron chi connectivity index (χ1n) is 6.12. The van der Waals surface area contributed by atoms with Crippen molar-refractivity contribution in [2.45, 2.75) is 32.3 Å². The molecule has 16 heavy (non-hydrogen) atoms. The molecule has 0 spiro atoms. The lowest BCUT2D eigenvalue weighted by Gasteiger charge is -2.32. The van der Waals surface area contributed by atoms with Gasteiger partial charge in [-0.05, 0) is 30.5 Å². The van der Waals surface area contributed by atoms with E-state index in [1.54, 1.807) is 6.26 Å². The number of ether oxygens (including phenoxy) is 1. The molecular formula is C13H21NO2. The van der Waals surface area contributed by atoms with Crippen LogP contribution in [0, 0.1) is 5.92 Å².